The van der Waals surface area contributed by atoms with Crippen LogP contribution >= 0.6 is 0 Å². The molecule has 0 aliphatic rings. The van der Waals surface area contributed by atoms with Crippen LogP contribution in [0.25, 0.3) is 11.5 Å². The minimum atomic E-state index is 0.348. The first-order chi connectivity index (χ1) is 6.75. The van der Waals surface area contributed by atoms with Crippen LogP contribution in [0.4, 0.5) is 11.5 Å². The highest BCUT2D eigenvalue weighted by atomic mass is 15.0. The predicted molar refractivity (Wildman–Crippen MR) is 51.9 cm³/mol. The molecule has 0 fully saturated rings. The van der Waals surface area contributed by atoms with Crippen molar-refractivity contribution < 1.29 is 0 Å². The standard InChI is InChI=1S/C8H8N6/c9-5-1-6(14-7(10)2-5)8-12-3-11-4-13-8/h1-4H,(H4,9,10,14). The summed E-state index contributed by atoms with van der Waals surface area (Å²) in [6, 6.07) is 3.23. The van der Waals surface area contributed by atoms with Crippen molar-refractivity contribution in [1.82, 2.24) is 19.9 Å². The highest BCUT2D eigenvalue weighted by Crippen LogP contribution is 2.16. The second kappa shape index (κ2) is 3.25. The maximum atomic E-state index is 5.61. The van der Waals surface area contributed by atoms with Crippen LogP contribution in [-0.4, -0.2) is 19.9 Å². The molecular formula is C8H8N6. The maximum Gasteiger partial charge on any atom is 0.181 e. The molecule has 2 aromatic rings. The second-order valence-corrected chi connectivity index (χ2v) is 2.67. The van der Waals surface area contributed by atoms with Gasteiger partial charge in [-0.05, 0) is 6.07 Å². The van der Waals surface area contributed by atoms with Gasteiger partial charge < -0.3 is 11.5 Å². The van der Waals surface area contributed by atoms with Crippen LogP contribution in [0.5, 0.6) is 0 Å². The van der Waals surface area contributed by atoms with Gasteiger partial charge in [0.1, 0.15) is 24.2 Å². The first kappa shape index (κ1) is 8.36. The summed E-state index contributed by atoms with van der Waals surface area (Å²) in [7, 11) is 0. The zero-order chi connectivity index (χ0) is 9.97. The fourth-order valence-electron chi connectivity index (χ4n) is 1.06. The molecule has 2 heterocycles. The fourth-order valence-corrected chi connectivity index (χ4v) is 1.06. The molecule has 4 N–H and O–H groups in total. The first-order valence-corrected chi connectivity index (χ1v) is 3.91. The first-order valence-electron chi connectivity index (χ1n) is 3.91. The molecule has 6 nitrogen and oxygen atoms in total. The monoisotopic (exact) mass is 188 g/mol. The zero-order valence-electron chi connectivity index (χ0n) is 7.25. The van der Waals surface area contributed by atoms with Gasteiger partial charge in [0.05, 0.1) is 0 Å². The summed E-state index contributed by atoms with van der Waals surface area (Å²) in [4.78, 5) is 15.6. The van der Waals surface area contributed by atoms with Gasteiger partial charge in [-0.3, -0.25) is 0 Å². The number of pyridine rings is 1. The number of anilines is 2. The van der Waals surface area contributed by atoms with Crippen molar-refractivity contribution >= 4 is 11.5 Å². The van der Waals surface area contributed by atoms with E-state index in [-0.39, 0.29) is 0 Å². The number of aromatic nitrogens is 4. The van der Waals surface area contributed by atoms with Gasteiger partial charge in [-0.15, -0.1) is 0 Å². The third kappa shape index (κ3) is 1.58. The summed E-state index contributed by atoms with van der Waals surface area (Å²) < 4.78 is 0. The summed E-state index contributed by atoms with van der Waals surface area (Å²) in [5.74, 6) is 0.805. The highest BCUT2D eigenvalue weighted by molar-refractivity contribution is 5.60. The van der Waals surface area contributed by atoms with Crippen LogP contribution in [0.3, 0.4) is 0 Å². The van der Waals surface area contributed by atoms with Gasteiger partial charge in [0.2, 0.25) is 0 Å². The SMILES string of the molecule is Nc1cc(N)nc(-c2ncncn2)c1. The quantitative estimate of drug-likeness (QED) is 0.657. The molecule has 0 bridgehead atoms. The van der Waals surface area contributed by atoms with Crippen molar-refractivity contribution in [2.75, 3.05) is 11.5 Å². The van der Waals surface area contributed by atoms with Crippen LogP contribution in [0.15, 0.2) is 24.8 Å². The van der Waals surface area contributed by atoms with E-state index in [9.17, 15) is 0 Å². The van der Waals surface area contributed by atoms with E-state index in [1.807, 2.05) is 0 Å². The largest absolute Gasteiger partial charge is 0.399 e. The van der Waals surface area contributed by atoms with Gasteiger partial charge >= 0.3 is 0 Å². The van der Waals surface area contributed by atoms with E-state index in [1.165, 1.54) is 12.7 Å². The Morgan fingerprint density at radius 3 is 2.36 bits per heavy atom. The van der Waals surface area contributed by atoms with E-state index in [0.717, 1.165) is 0 Å². The van der Waals surface area contributed by atoms with Crippen molar-refractivity contribution in [3.63, 3.8) is 0 Å². The van der Waals surface area contributed by atoms with Crippen LogP contribution in [-0.2, 0) is 0 Å². The lowest BCUT2D eigenvalue weighted by molar-refractivity contribution is 1.04. The molecule has 2 aromatic heterocycles. The lowest BCUT2D eigenvalue weighted by Gasteiger charge is -2.01. The Labute approximate surface area is 80.0 Å². The van der Waals surface area contributed by atoms with Gasteiger partial charge in [0, 0.05) is 11.8 Å². The number of rotatable bonds is 1. The number of hydrogen-bond donors (Lipinski definition) is 2. The average Bonchev–Trinajstić information content (AvgIpc) is 2.18. The van der Waals surface area contributed by atoms with E-state index in [4.69, 9.17) is 11.5 Å². The van der Waals surface area contributed by atoms with E-state index in [1.54, 1.807) is 12.1 Å². The average molecular weight is 188 g/mol. The Bertz CT molecular complexity index is 421. The smallest absolute Gasteiger partial charge is 0.181 e. The molecule has 0 unspecified atom stereocenters. The minimum absolute atomic E-state index is 0.348. The molecule has 0 saturated heterocycles. The summed E-state index contributed by atoms with van der Waals surface area (Å²) in [5.41, 5.74) is 12.2. The molecule has 0 radical (unpaired) electrons. The molecule has 14 heavy (non-hydrogen) atoms. The maximum absolute atomic E-state index is 5.61. The van der Waals surface area contributed by atoms with Gasteiger partial charge in [0.15, 0.2) is 5.82 Å². The Morgan fingerprint density at radius 2 is 1.71 bits per heavy atom. The molecule has 70 valence electrons. The van der Waals surface area contributed by atoms with E-state index >= 15 is 0 Å². The predicted octanol–water partition coefficient (Wildman–Crippen LogP) is 0.0980. The Balaban J connectivity index is 2.52. The number of nitrogens with two attached hydrogens (primary N) is 2. The van der Waals surface area contributed by atoms with E-state index < -0.39 is 0 Å². The third-order valence-electron chi connectivity index (χ3n) is 1.59. The number of nitrogens with zero attached hydrogens (tertiary/aromatic N) is 4. The molecule has 6 heteroatoms. The van der Waals surface area contributed by atoms with Crippen molar-refractivity contribution in [1.29, 1.82) is 0 Å². The van der Waals surface area contributed by atoms with Crippen LogP contribution in [0.2, 0.25) is 0 Å². The molecule has 2 rings (SSSR count). The molecule has 0 saturated carbocycles. The topological polar surface area (TPSA) is 104 Å². The highest BCUT2D eigenvalue weighted by Gasteiger charge is 2.03. The zero-order valence-corrected chi connectivity index (χ0v) is 7.25. The Morgan fingerprint density at radius 1 is 1.00 bits per heavy atom. The van der Waals surface area contributed by atoms with E-state index in [0.29, 0.717) is 23.0 Å². The Hall–Kier alpha value is -2.24. The van der Waals surface area contributed by atoms with Crippen molar-refractivity contribution in [2.45, 2.75) is 0 Å². The lowest BCUT2D eigenvalue weighted by atomic mass is 10.3. The van der Waals surface area contributed by atoms with Gasteiger partial charge in [-0.1, -0.05) is 0 Å². The van der Waals surface area contributed by atoms with Crippen molar-refractivity contribution in [3.05, 3.63) is 24.8 Å². The molecule has 0 aromatic carbocycles. The molecule has 0 atom stereocenters. The van der Waals surface area contributed by atoms with E-state index in [2.05, 4.69) is 19.9 Å². The molecular weight excluding hydrogens is 180 g/mol. The summed E-state index contributed by atoms with van der Waals surface area (Å²) in [6.07, 6.45) is 2.78. The molecule has 0 aliphatic carbocycles. The van der Waals surface area contributed by atoms with Crippen LogP contribution in [0, 0.1) is 0 Å². The fraction of sp³-hybridized carbons (Fsp3) is 0. The molecule has 0 spiro atoms. The number of hydrogen-bond acceptors (Lipinski definition) is 6. The van der Waals surface area contributed by atoms with Crippen molar-refractivity contribution in [3.8, 4) is 11.5 Å². The summed E-state index contributed by atoms with van der Waals surface area (Å²) in [6.45, 7) is 0. The third-order valence-corrected chi connectivity index (χ3v) is 1.59. The van der Waals surface area contributed by atoms with Gasteiger partial charge in [-0.2, -0.15) is 0 Å². The normalized spacial score (nSPS) is 10.0. The summed E-state index contributed by atoms with van der Waals surface area (Å²) in [5, 5.41) is 0. The Kier molecular flexibility index (Phi) is 1.94. The van der Waals surface area contributed by atoms with Gasteiger partial charge in [0.25, 0.3) is 0 Å². The van der Waals surface area contributed by atoms with Crippen LogP contribution < -0.4 is 11.5 Å². The van der Waals surface area contributed by atoms with Gasteiger partial charge in [-0.25, -0.2) is 19.9 Å². The lowest BCUT2D eigenvalue weighted by Crippen LogP contribution is -1.98. The molecule has 0 amide bonds. The number of nitrogen functional groups attached to an aromatic ring is 2. The molecule has 0 aliphatic heterocycles. The second-order valence-electron chi connectivity index (χ2n) is 2.67. The minimum Gasteiger partial charge on any atom is -0.399 e. The van der Waals surface area contributed by atoms with Crippen molar-refractivity contribution in [2.24, 2.45) is 0 Å². The summed E-state index contributed by atoms with van der Waals surface area (Å²) >= 11 is 0. The van der Waals surface area contributed by atoms with Crippen LogP contribution in [0.1, 0.15) is 0 Å².